The number of hydrogen-bond donors (Lipinski definition) is 0. The van der Waals surface area contributed by atoms with Gasteiger partial charge in [-0.2, -0.15) is 0 Å². The third-order valence-electron chi connectivity index (χ3n) is 5.37. The molecule has 4 rings (SSSR count). The van der Waals surface area contributed by atoms with E-state index < -0.39 is 0 Å². The molecule has 1 aromatic heterocycles. The van der Waals surface area contributed by atoms with Crippen LogP contribution in [0.25, 0.3) is 11.0 Å². The minimum atomic E-state index is 0.165. The minimum absolute atomic E-state index is 0.165. The van der Waals surface area contributed by atoms with Crippen LogP contribution in [0.5, 0.6) is 0 Å². The molecule has 2 aliphatic heterocycles. The zero-order valence-electron chi connectivity index (χ0n) is 13.8. The van der Waals surface area contributed by atoms with Crippen LogP contribution in [0.4, 0.5) is 0 Å². The van der Waals surface area contributed by atoms with Crippen molar-refractivity contribution in [2.45, 2.75) is 32.7 Å². The smallest absolute Gasteiger partial charge is 0.228 e. The third kappa shape index (κ3) is 2.53. The van der Waals surface area contributed by atoms with Crippen molar-refractivity contribution in [3.8, 4) is 0 Å². The predicted molar refractivity (Wildman–Crippen MR) is 88.1 cm³/mol. The van der Waals surface area contributed by atoms with Crippen LogP contribution in [0, 0.1) is 5.41 Å². The van der Waals surface area contributed by atoms with E-state index in [0.29, 0.717) is 17.9 Å². The second kappa shape index (κ2) is 5.34. The van der Waals surface area contributed by atoms with E-state index in [-0.39, 0.29) is 5.91 Å². The van der Waals surface area contributed by atoms with Crippen LogP contribution in [0.2, 0.25) is 0 Å². The van der Waals surface area contributed by atoms with Gasteiger partial charge in [-0.25, -0.2) is 0 Å². The molecule has 1 spiro atoms. The van der Waals surface area contributed by atoms with Crippen molar-refractivity contribution in [2.75, 3.05) is 26.2 Å². The zero-order chi connectivity index (χ0) is 16.0. The Balaban J connectivity index is 1.39. The van der Waals surface area contributed by atoms with Gasteiger partial charge in [0.05, 0.1) is 6.42 Å². The van der Waals surface area contributed by atoms with Crippen LogP contribution in [-0.2, 0) is 11.2 Å². The van der Waals surface area contributed by atoms with Crippen molar-refractivity contribution in [2.24, 2.45) is 5.41 Å². The van der Waals surface area contributed by atoms with Crippen molar-refractivity contribution < 1.29 is 9.32 Å². The minimum Gasteiger partial charge on any atom is -0.356 e. The summed E-state index contributed by atoms with van der Waals surface area (Å²) in [5, 5.41) is 5.02. The Labute approximate surface area is 136 Å². The summed E-state index contributed by atoms with van der Waals surface area (Å²) >= 11 is 0. The molecule has 0 unspecified atom stereocenters. The van der Waals surface area contributed by atoms with Gasteiger partial charge in [0.15, 0.2) is 5.58 Å². The molecule has 2 saturated heterocycles. The first-order valence-electron chi connectivity index (χ1n) is 8.41. The number of carbonyl (C=O) groups excluding carboxylic acids is 1. The normalized spacial score (nSPS) is 20.6. The monoisotopic (exact) mass is 313 g/mol. The molecule has 5 nitrogen and oxygen atoms in total. The Bertz CT molecular complexity index is 731. The number of hydrogen-bond acceptors (Lipinski definition) is 4. The number of fused-ring (bicyclic) bond motifs is 1. The van der Waals surface area contributed by atoms with Gasteiger partial charge < -0.3 is 14.3 Å². The maximum Gasteiger partial charge on any atom is 0.228 e. The van der Waals surface area contributed by atoms with E-state index in [0.717, 1.165) is 42.8 Å². The highest BCUT2D eigenvalue weighted by atomic mass is 16.5. The van der Waals surface area contributed by atoms with Crippen molar-refractivity contribution in [1.29, 1.82) is 0 Å². The molecule has 122 valence electrons. The van der Waals surface area contributed by atoms with Gasteiger partial charge in [-0.05, 0) is 38.9 Å². The Morgan fingerprint density at radius 3 is 2.83 bits per heavy atom. The van der Waals surface area contributed by atoms with Crippen molar-refractivity contribution in [1.82, 2.24) is 15.0 Å². The van der Waals surface area contributed by atoms with Crippen molar-refractivity contribution in [3.63, 3.8) is 0 Å². The van der Waals surface area contributed by atoms with Gasteiger partial charge in [-0.15, -0.1) is 0 Å². The lowest BCUT2D eigenvalue weighted by molar-refractivity contribution is -0.142. The molecule has 0 atom stereocenters. The van der Waals surface area contributed by atoms with Crippen LogP contribution in [0.1, 0.15) is 26.0 Å². The summed E-state index contributed by atoms with van der Waals surface area (Å²) in [5.74, 6) is 0.165. The summed E-state index contributed by atoms with van der Waals surface area (Å²) in [7, 11) is 0. The summed E-state index contributed by atoms with van der Waals surface area (Å²) < 4.78 is 5.29. The molecule has 0 aliphatic carbocycles. The van der Waals surface area contributed by atoms with Gasteiger partial charge >= 0.3 is 0 Å². The molecule has 2 fully saturated rings. The first-order chi connectivity index (χ1) is 11.1. The molecule has 23 heavy (non-hydrogen) atoms. The van der Waals surface area contributed by atoms with Crippen LogP contribution in [0.3, 0.4) is 0 Å². The number of aromatic nitrogens is 1. The van der Waals surface area contributed by atoms with E-state index in [1.165, 1.54) is 6.42 Å². The van der Waals surface area contributed by atoms with E-state index in [1.807, 2.05) is 29.2 Å². The van der Waals surface area contributed by atoms with Gasteiger partial charge in [0.25, 0.3) is 0 Å². The quantitative estimate of drug-likeness (QED) is 0.872. The van der Waals surface area contributed by atoms with Crippen LogP contribution < -0.4 is 0 Å². The number of para-hydroxylation sites is 1. The van der Waals surface area contributed by atoms with E-state index in [4.69, 9.17) is 4.52 Å². The van der Waals surface area contributed by atoms with E-state index in [9.17, 15) is 4.79 Å². The lowest BCUT2D eigenvalue weighted by atomic mass is 9.79. The maximum atomic E-state index is 12.5. The summed E-state index contributed by atoms with van der Waals surface area (Å²) in [5.41, 5.74) is 1.84. The van der Waals surface area contributed by atoms with Gasteiger partial charge in [0, 0.05) is 36.5 Å². The maximum absolute atomic E-state index is 12.5. The summed E-state index contributed by atoms with van der Waals surface area (Å²) in [4.78, 5) is 17.0. The highest BCUT2D eigenvalue weighted by molar-refractivity contribution is 5.86. The lowest BCUT2D eigenvalue weighted by Crippen LogP contribution is -2.60. The largest absolute Gasteiger partial charge is 0.356 e. The molecule has 2 aliphatic rings. The zero-order valence-corrected chi connectivity index (χ0v) is 13.8. The van der Waals surface area contributed by atoms with Gasteiger partial charge in [-0.3, -0.25) is 4.79 Å². The molecular weight excluding hydrogens is 290 g/mol. The van der Waals surface area contributed by atoms with Crippen molar-refractivity contribution >= 4 is 16.9 Å². The molecule has 3 heterocycles. The molecule has 2 aromatic rings. The third-order valence-corrected chi connectivity index (χ3v) is 5.37. The van der Waals surface area contributed by atoms with Gasteiger partial charge in [-0.1, -0.05) is 17.3 Å². The second-order valence-corrected chi connectivity index (χ2v) is 7.37. The number of benzene rings is 1. The molecule has 0 N–H and O–H groups in total. The first kappa shape index (κ1) is 14.7. The summed E-state index contributed by atoms with van der Waals surface area (Å²) in [6.07, 6.45) is 1.54. The number of rotatable bonds is 3. The predicted octanol–water partition coefficient (Wildman–Crippen LogP) is 2.31. The van der Waals surface area contributed by atoms with Crippen LogP contribution in [-0.4, -0.2) is 53.1 Å². The van der Waals surface area contributed by atoms with Gasteiger partial charge in [0.2, 0.25) is 5.91 Å². The van der Waals surface area contributed by atoms with Crippen LogP contribution in [0.15, 0.2) is 28.8 Å². The Hall–Kier alpha value is -1.88. The number of amides is 1. The summed E-state index contributed by atoms with van der Waals surface area (Å²) in [6, 6.07) is 8.31. The number of likely N-dealkylation sites (tertiary alicyclic amines) is 2. The molecule has 5 heteroatoms. The molecule has 0 saturated carbocycles. The fourth-order valence-electron chi connectivity index (χ4n) is 3.93. The molecule has 0 bridgehead atoms. The average Bonchev–Trinajstić information content (AvgIpc) is 3.11. The van der Waals surface area contributed by atoms with E-state index in [2.05, 4.69) is 23.9 Å². The highest BCUT2D eigenvalue weighted by Crippen LogP contribution is 2.40. The van der Waals surface area contributed by atoms with E-state index in [1.54, 1.807) is 0 Å². The molecule has 0 radical (unpaired) electrons. The SMILES string of the molecule is CC(C)N1CCC2(CN(C(=O)Cc3noc4ccccc34)C2)C1. The Morgan fingerprint density at radius 2 is 2.09 bits per heavy atom. The topological polar surface area (TPSA) is 49.6 Å². The standard InChI is InChI=1S/C18H23N3O2/c1-13(2)20-8-7-18(10-20)11-21(12-18)17(22)9-15-14-5-3-4-6-16(14)23-19-15/h3-6,13H,7-12H2,1-2H3. The average molecular weight is 313 g/mol. The summed E-state index contributed by atoms with van der Waals surface area (Å²) in [6.45, 7) is 8.57. The van der Waals surface area contributed by atoms with Gasteiger partial charge in [0.1, 0.15) is 5.69 Å². The van der Waals surface area contributed by atoms with Crippen molar-refractivity contribution in [3.05, 3.63) is 30.0 Å². The fourth-order valence-corrected chi connectivity index (χ4v) is 3.93. The first-order valence-corrected chi connectivity index (χ1v) is 8.41. The Kier molecular flexibility index (Phi) is 3.41. The lowest BCUT2D eigenvalue weighted by Gasteiger charge is -2.48. The highest BCUT2D eigenvalue weighted by Gasteiger charge is 2.49. The Morgan fingerprint density at radius 1 is 1.30 bits per heavy atom. The fraction of sp³-hybridized carbons (Fsp3) is 0.556. The number of nitrogens with zero attached hydrogens (tertiary/aromatic N) is 3. The number of carbonyl (C=O) groups is 1. The second-order valence-electron chi connectivity index (χ2n) is 7.37. The van der Waals surface area contributed by atoms with Crippen LogP contribution >= 0.6 is 0 Å². The molecule has 1 aromatic carbocycles. The van der Waals surface area contributed by atoms with E-state index >= 15 is 0 Å². The molecular formula is C18H23N3O2. The molecule has 1 amide bonds.